The fraction of sp³-hybridized carbons (Fsp3) is 0. The molecule has 0 spiro atoms. The number of hydrogen-bond acceptors (Lipinski definition) is 1. The molecule has 0 saturated heterocycles. The number of nitrogens with zero attached hydrogens (tertiary/aromatic N) is 1. The summed E-state index contributed by atoms with van der Waals surface area (Å²) in [6.45, 7) is 7.66. The van der Waals surface area contributed by atoms with Crippen LogP contribution in [0.1, 0.15) is 21.5 Å². The summed E-state index contributed by atoms with van der Waals surface area (Å²) in [5.41, 5.74) is 4.51. The van der Waals surface area contributed by atoms with Crippen molar-refractivity contribution in [1.29, 1.82) is 0 Å². The number of amides is 1. The van der Waals surface area contributed by atoms with Crippen LogP contribution in [0.3, 0.4) is 0 Å². The van der Waals surface area contributed by atoms with Crippen LogP contribution in [0.5, 0.6) is 0 Å². The number of anilines is 2. The van der Waals surface area contributed by atoms with Crippen LogP contribution < -0.4 is 4.90 Å². The molecule has 2 nitrogen and oxygen atoms in total. The summed E-state index contributed by atoms with van der Waals surface area (Å²) < 4.78 is 0. The van der Waals surface area contributed by atoms with Crippen molar-refractivity contribution in [2.45, 2.75) is 0 Å². The summed E-state index contributed by atoms with van der Waals surface area (Å²) >= 11 is 0. The molecular weight excluding hydrogens is 282 g/mol. The van der Waals surface area contributed by atoms with Crippen molar-refractivity contribution in [3.8, 4) is 0 Å². The van der Waals surface area contributed by atoms with E-state index in [0.29, 0.717) is 0 Å². The van der Waals surface area contributed by atoms with Gasteiger partial charge in [-0.1, -0.05) is 49.6 Å². The van der Waals surface area contributed by atoms with Crippen molar-refractivity contribution in [3.05, 3.63) is 84.4 Å². The first-order valence-corrected chi connectivity index (χ1v) is 7.49. The Morgan fingerprint density at radius 3 is 2.43 bits per heavy atom. The summed E-state index contributed by atoms with van der Waals surface area (Å²) in [6.07, 6.45) is 3.59. The van der Waals surface area contributed by atoms with E-state index in [1.165, 1.54) is 0 Å². The number of carbonyl (C=O) groups excluding carboxylic acids is 1. The highest BCUT2D eigenvalue weighted by Crippen LogP contribution is 2.42. The van der Waals surface area contributed by atoms with Gasteiger partial charge in [0.2, 0.25) is 0 Å². The van der Waals surface area contributed by atoms with Crippen LogP contribution in [0.4, 0.5) is 11.4 Å². The molecule has 1 aliphatic heterocycles. The molecule has 1 aliphatic rings. The van der Waals surface area contributed by atoms with Gasteiger partial charge in [-0.25, -0.2) is 0 Å². The van der Waals surface area contributed by atoms with Gasteiger partial charge in [-0.3, -0.25) is 9.69 Å². The first kappa shape index (κ1) is 13.5. The fourth-order valence-corrected chi connectivity index (χ4v) is 3.18. The van der Waals surface area contributed by atoms with Crippen molar-refractivity contribution in [3.63, 3.8) is 0 Å². The lowest BCUT2D eigenvalue weighted by Crippen LogP contribution is -2.20. The van der Waals surface area contributed by atoms with E-state index in [0.717, 1.165) is 38.8 Å². The van der Waals surface area contributed by atoms with Crippen LogP contribution in [0.2, 0.25) is 0 Å². The van der Waals surface area contributed by atoms with Crippen LogP contribution in [-0.2, 0) is 0 Å². The minimum Gasteiger partial charge on any atom is -0.276 e. The van der Waals surface area contributed by atoms with Crippen LogP contribution in [0.15, 0.2) is 67.8 Å². The molecule has 0 bridgehead atoms. The van der Waals surface area contributed by atoms with E-state index in [2.05, 4.69) is 19.2 Å². The van der Waals surface area contributed by atoms with Gasteiger partial charge in [0.1, 0.15) is 0 Å². The Bertz CT molecular complexity index is 984. The Balaban J connectivity index is 2.02. The zero-order valence-corrected chi connectivity index (χ0v) is 12.6. The zero-order valence-electron chi connectivity index (χ0n) is 12.6. The van der Waals surface area contributed by atoms with E-state index in [-0.39, 0.29) is 5.91 Å². The Morgan fingerprint density at radius 2 is 1.65 bits per heavy atom. The fourth-order valence-electron chi connectivity index (χ4n) is 3.18. The van der Waals surface area contributed by atoms with Crippen LogP contribution in [0, 0.1) is 0 Å². The molecule has 0 saturated carbocycles. The van der Waals surface area contributed by atoms with Crippen molar-refractivity contribution >= 4 is 40.2 Å². The average molecular weight is 297 g/mol. The van der Waals surface area contributed by atoms with Crippen LogP contribution >= 0.6 is 0 Å². The highest BCUT2D eigenvalue weighted by molar-refractivity contribution is 6.28. The molecular formula is C21H15NO. The Labute approximate surface area is 135 Å². The van der Waals surface area contributed by atoms with Gasteiger partial charge in [-0.15, -0.1) is 0 Å². The zero-order chi connectivity index (χ0) is 16.0. The predicted octanol–water partition coefficient (Wildman–Crippen LogP) is 5.42. The number of rotatable bonds is 3. The molecule has 0 atom stereocenters. The minimum atomic E-state index is 0.00743. The Hall–Kier alpha value is -3.13. The number of benzene rings is 3. The lowest BCUT2D eigenvalue weighted by Gasteiger charge is -2.19. The van der Waals surface area contributed by atoms with Crippen molar-refractivity contribution in [1.82, 2.24) is 0 Å². The molecule has 0 aromatic heterocycles. The second kappa shape index (κ2) is 4.96. The van der Waals surface area contributed by atoms with Gasteiger partial charge in [0.25, 0.3) is 5.91 Å². The third-order valence-corrected chi connectivity index (χ3v) is 4.25. The summed E-state index contributed by atoms with van der Waals surface area (Å²) in [5, 5.41) is 2.07. The molecule has 23 heavy (non-hydrogen) atoms. The molecule has 3 aromatic carbocycles. The first-order valence-electron chi connectivity index (χ1n) is 7.49. The van der Waals surface area contributed by atoms with E-state index in [4.69, 9.17) is 0 Å². The Kier molecular flexibility index (Phi) is 2.91. The van der Waals surface area contributed by atoms with E-state index < -0.39 is 0 Å². The van der Waals surface area contributed by atoms with Gasteiger partial charge in [0.05, 0.1) is 11.3 Å². The second-order valence-electron chi connectivity index (χ2n) is 5.59. The molecule has 1 heterocycles. The quantitative estimate of drug-likeness (QED) is 0.632. The maximum absolute atomic E-state index is 13.0. The van der Waals surface area contributed by atoms with E-state index >= 15 is 0 Å². The molecule has 3 aromatic rings. The van der Waals surface area contributed by atoms with Crippen LogP contribution in [-0.4, -0.2) is 5.91 Å². The molecule has 0 N–H and O–H groups in total. The number of hydrogen-bond donors (Lipinski definition) is 0. The maximum Gasteiger partial charge on any atom is 0.263 e. The van der Waals surface area contributed by atoms with Crippen molar-refractivity contribution < 1.29 is 4.79 Å². The van der Waals surface area contributed by atoms with Gasteiger partial charge in [0.15, 0.2) is 0 Å². The number of carbonyl (C=O) groups is 1. The lowest BCUT2D eigenvalue weighted by atomic mass is 10.0. The van der Waals surface area contributed by atoms with Crippen LogP contribution in [0.25, 0.3) is 22.9 Å². The Morgan fingerprint density at radius 1 is 0.870 bits per heavy atom. The molecule has 0 radical (unpaired) electrons. The second-order valence-corrected chi connectivity index (χ2v) is 5.59. The maximum atomic E-state index is 13.0. The highest BCUT2D eigenvalue weighted by Gasteiger charge is 2.31. The van der Waals surface area contributed by atoms with E-state index in [9.17, 15) is 4.79 Å². The van der Waals surface area contributed by atoms with Gasteiger partial charge in [0, 0.05) is 11.1 Å². The van der Waals surface area contributed by atoms with Gasteiger partial charge >= 0.3 is 0 Å². The SMILES string of the molecule is C=Cc1cccc(N2C(=O)c3cccc4cc(C=C)cc2c34)c1. The predicted molar refractivity (Wildman–Crippen MR) is 97.0 cm³/mol. The monoisotopic (exact) mass is 297 g/mol. The molecule has 0 fully saturated rings. The van der Waals surface area contributed by atoms with Gasteiger partial charge in [-0.05, 0) is 46.8 Å². The van der Waals surface area contributed by atoms with Gasteiger partial charge in [-0.2, -0.15) is 0 Å². The third kappa shape index (κ3) is 1.92. The largest absolute Gasteiger partial charge is 0.276 e. The first-order chi connectivity index (χ1) is 11.2. The average Bonchev–Trinajstić information content (AvgIpc) is 2.88. The smallest absolute Gasteiger partial charge is 0.263 e. The molecule has 2 heteroatoms. The third-order valence-electron chi connectivity index (χ3n) is 4.25. The molecule has 0 unspecified atom stereocenters. The standard InChI is InChI=1S/C21H15NO/c1-3-14-7-5-9-17(12-14)22-19-13-15(4-2)11-16-8-6-10-18(20(16)19)21(22)23/h3-13H,1-2H2. The molecule has 4 rings (SSSR count). The summed E-state index contributed by atoms with van der Waals surface area (Å²) in [5.74, 6) is 0.00743. The van der Waals surface area contributed by atoms with Gasteiger partial charge < -0.3 is 0 Å². The van der Waals surface area contributed by atoms with Crippen molar-refractivity contribution in [2.75, 3.05) is 4.90 Å². The van der Waals surface area contributed by atoms with E-state index in [1.54, 1.807) is 11.0 Å². The molecule has 0 aliphatic carbocycles. The summed E-state index contributed by atoms with van der Waals surface area (Å²) in [7, 11) is 0. The lowest BCUT2D eigenvalue weighted by molar-refractivity contribution is 0.100. The molecule has 110 valence electrons. The summed E-state index contributed by atoms with van der Waals surface area (Å²) in [4.78, 5) is 14.7. The minimum absolute atomic E-state index is 0.00743. The van der Waals surface area contributed by atoms with Crippen molar-refractivity contribution in [2.24, 2.45) is 0 Å². The topological polar surface area (TPSA) is 20.3 Å². The van der Waals surface area contributed by atoms with E-state index in [1.807, 2.05) is 54.6 Å². The highest BCUT2D eigenvalue weighted by atomic mass is 16.2. The summed E-state index contributed by atoms with van der Waals surface area (Å²) in [6, 6.07) is 17.8. The molecule has 1 amide bonds. The normalized spacial score (nSPS) is 12.7.